The Morgan fingerprint density at radius 3 is 2.71 bits per heavy atom. The Labute approximate surface area is 104 Å². The van der Waals surface area contributed by atoms with Crippen LogP contribution < -0.4 is 0 Å². The molecule has 1 aliphatic heterocycles. The number of β-amino-alcohol motifs (C(OH)–C–C–N with tert-alkyl or cyclic N) is 1. The van der Waals surface area contributed by atoms with Gasteiger partial charge in [0.2, 0.25) is 10.0 Å². The molecular weight excluding hydrogens is 269 g/mol. The molecule has 2 rings (SSSR count). The molecule has 0 aliphatic carbocycles. The Morgan fingerprint density at radius 1 is 1.47 bits per heavy atom. The lowest BCUT2D eigenvalue weighted by Gasteiger charge is -2.16. The summed E-state index contributed by atoms with van der Waals surface area (Å²) in [4.78, 5) is -0.406. The lowest BCUT2D eigenvalue weighted by atomic mass is 10.3. The Hall–Kier alpha value is -0.690. The van der Waals surface area contributed by atoms with Crippen LogP contribution in [0, 0.1) is 5.82 Å². The Morgan fingerprint density at radius 2 is 2.18 bits per heavy atom. The van der Waals surface area contributed by atoms with Gasteiger partial charge in [0.1, 0.15) is 10.7 Å². The van der Waals surface area contributed by atoms with Crippen LogP contribution in [-0.2, 0) is 10.0 Å². The van der Waals surface area contributed by atoms with Crippen molar-refractivity contribution in [2.24, 2.45) is 0 Å². The first kappa shape index (κ1) is 12.8. The Kier molecular flexibility index (Phi) is 3.40. The highest BCUT2D eigenvalue weighted by Crippen LogP contribution is 2.25. The number of sulfonamides is 1. The Balaban J connectivity index is 2.38. The molecule has 1 aromatic carbocycles. The zero-order chi connectivity index (χ0) is 12.6. The predicted molar refractivity (Wildman–Crippen MR) is 60.8 cm³/mol. The quantitative estimate of drug-likeness (QED) is 0.886. The van der Waals surface area contributed by atoms with Crippen molar-refractivity contribution < 1.29 is 17.9 Å². The van der Waals surface area contributed by atoms with Gasteiger partial charge in [0.25, 0.3) is 0 Å². The standard InChI is InChI=1S/C10H11ClFNO3S/c11-7-1-2-10(9(12)5-7)17(15,16)13-4-3-8(14)6-13/h1-2,5,8,14H,3-4,6H2/t8-/m0/s1. The van der Waals surface area contributed by atoms with Crippen molar-refractivity contribution in [1.29, 1.82) is 0 Å². The number of rotatable bonds is 2. The lowest BCUT2D eigenvalue weighted by Crippen LogP contribution is -2.30. The first-order valence-corrected chi connectivity index (χ1v) is 6.86. The molecule has 0 amide bonds. The summed E-state index contributed by atoms with van der Waals surface area (Å²) < 4.78 is 38.7. The van der Waals surface area contributed by atoms with Crippen molar-refractivity contribution in [2.45, 2.75) is 17.4 Å². The van der Waals surface area contributed by atoms with Gasteiger partial charge < -0.3 is 5.11 Å². The zero-order valence-corrected chi connectivity index (χ0v) is 10.4. The Bertz CT molecular complexity index is 534. The average molecular weight is 280 g/mol. The van der Waals surface area contributed by atoms with Crippen molar-refractivity contribution in [3.8, 4) is 0 Å². The first-order chi connectivity index (χ1) is 7.91. The minimum Gasteiger partial charge on any atom is -0.392 e. The molecule has 1 aliphatic rings. The summed E-state index contributed by atoms with van der Waals surface area (Å²) in [5.41, 5.74) is 0. The van der Waals surface area contributed by atoms with E-state index in [1.807, 2.05) is 0 Å². The monoisotopic (exact) mass is 279 g/mol. The second-order valence-corrected chi connectivity index (χ2v) is 6.22. The highest BCUT2D eigenvalue weighted by atomic mass is 35.5. The lowest BCUT2D eigenvalue weighted by molar-refractivity contribution is 0.189. The normalized spacial score (nSPS) is 21.9. The molecule has 1 fully saturated rings. The van der Waals surface area contributed by atoms with Crippen LogP contribution in [0.5, 0.6) is 0 Å². The van der Waals surface area contributed by atoms with Gasteiger partial charge in [-0.05, 0) is 24.6 Å². The van der Waals surface area contributed by atoms with Crippen LogP contribution >= 0.6 is 11.6 Å². The maximum absolute atomic E-state index is 13.5. The van der Waals surface area contributed by atoms with Crippen LogP contribution in [0.15, 0.2) is 23.1 Å². The number of hydrogen-bond donors (Lipinski definition) is 1. The van der Waals surface area contributed by atoms with Crippen molar-refractivity contribution in [1.82, 2.24) is 4.31 Å². The largest absolute Gasteiger partial charge is 0.392 e. The van der Waals surface area contributed by atoms with Crippen LogP contribution in [0.2, 0.25) is 5.02 Å². The number of aliphatic hydroxyl groups excluding tert-OH is 1. The van der Waals surface area contributed by atoms with E-state index in [0.29, 0.717) is 6.42 Å². The van der Waals surface area contributed by atoms with E-state index < -0.39 is 26.8 Å². The third kappa shape index (κ3) is 2.44. The first-order valence-electron chi connectivity index (χ1n) is 5.04. The molecule has 0 bridgehead atoms. The maximum Gasteiger partial charge on any atom is 0.246 e. The van der Waals surface area contributed by atoms with E-state index >= 15 is 0 Å². The molecule has 1 aromatic rings. The highest BCUT2D eigenvalue weighted by molar-refractivity contribution is 7.89. The smallest absolute Gasteiger partial charge is 0.246 e. The molecule has 0 aromatic heterocycles. The fraction of sp³-hybridized carbons (Fsp3) is 0.400. The minimum absolute atomic E-state index is 0.00436. The van der Waals surface area contributed by atoms with Gasteiger partial charge in [0.05, 0.1) is 6.10 Å². The second kappa shape index (κ2) is 4.53. The van der Waals surface area contributed by atoms with Crippen LogP contribution in [0.1, 0.15) is 6.42 Å². The summed E-state index contributed by atoms with van der Waals surface area (Å²) in [5.74, 6) is -0.876. The van der Waals surface area contributed by atoms with Gasteiger partial charge >= 0.3 is 0 Å². The summed E-state index contributed by atoms with van der Waals surface area (Å²) in [5, 5.41) is 9.44. The van der Waals surface area contributed by atoms with E-state index in [1.165, 1.54) is 6.07 Å². The van der Waals surface area contributed by atoms with Crippen LogP contribution in [0.25, 0.3) is 0 Å². The third-order valence-corrected chi connectivity index (χ3v) is 4.77. The summed E-state index contributed by atoms with van der Waals surface area (Å²) in [6.07, 6.45) is -0.311. The van der Waals surface area contributed by atoms with Crippen molar-refractivity contribution in [3.05, 3.63) is 29.0 Å². The molecule has 94 valence electrons. The summed E-state index contributed by atoms with van der Waals surface area (Å²) in [6.45, 7) is 0.204. The SMILES string of the molecule is O=S(=O)(c1ccc(Cl)cc1F)N1CC[C@H](O)C1. The minimum atomic E-state index is -3.88. The van der Waals surface area contributed by atoms with E-state index in [2.05, 4.69) is 0 Å². The molecule has 4 nitrogen and oxygen atoms in total. The fourth-order valence-corrected chi connectivity index (χ4v) is 3.45. The van der Waals surface area contributed by atoms with Gasteiger partial charge in [-0.3, -0.25) is 0 Å². The van der Waals surface area contributed by atoms with Gasteiger partial charge in [0, 0.05) is 18.1 Å². The fourth-order valence-electron chi connectivity index (χ4n) is 1.75. The van der Waals surface area contributed by atoms with E-state index in [-0.39, 0.29) is 18.1 Å². The van der Waals surface area contributed by atoms with Gasteiger partial charge in [-0.1, -0.05) is 11.6 Å². The number of aliphatic hydroxyl groups is 1. The molecule has 1 N–H and O–H groups in total. The van der Waals surface area contributed by atoms with E-state index in [9.17, 15) is 17.9 Å². The van der Waals surface area contributed by atoms with E-state index in [0.717, 1.165) is 16.4 Å². The topological polar surface area (TPSA) is 57.6 Å². The van der Waals surface area contributed by atoms with Crippen molar-refractivity contribution >= 4 is 21.6 Å². The number of hydrogen-bond acceptors (Lipinski definition) is 3. The zero-order valence-electron chi connectivity index (χ0n) is 8.81. The molecule has 1 heterocycles. The highest BCUT2D eigenvalue weighted by Gasteiger charge is 2.33. The third-order valence-electron chi connectivity index (χ3n) is 2.64. The number of nitrogens with zero attached hydrogens (tertiary/aromatic N) is 1. The van der Waals surface area contributed by atoms with E-state index in [4.69, 9.17) is 11.6 Å². The van der Waals surface area contributed by atoms with Crippen LogP contribution in [0.3, 0.4) is 0 Å². The molecule has 0 saturated carbocycles. The van der Waals surface area contributed by atoms with Crippen molar-refractivity contribution in [2.75, 3.05) is 13.1 Å². The maximum atomic E-state index is 13.5. The number of halogens is 2. The summed E-state index contributed by atoms with van der Waals surface area (Å²) >= 11 is 5.56. The molecule has 1 atom stereocenters. The average Bonchev–Trinajstić information content (AvgIpc) is 2.64. The summed E-state index contributed by atoms with van der Waals surface area (Å²) in [6, 6.07) is 3.42. The number of benzene rings is 1. The van der Waals surface area contributed by atoms with Crippen molar-refractivity contribution in [3.63, 3.8) is 0 Å². The molecule has 0 radical (unpaired) electrons. The molecular formula is C10H11ClFNO3S. The van der Waals surface area contributed by atoms with Crippen LogP contribution in [-0.4, -0.2) is 37.0 Å². The molecule has 0 spiro atoms. The van der Waals surface area contributed by atoms with Crippen LogP contribution in [0.4, 0.5) is 4.39 Å². The van der Waals surface area contributed by atoms with E-state index in [1.54, 1.807) is 0 Å². The molecule has 1 saturated heterocycles. The predicted octanol–water partition coefficient (Wildman–Crippen LogP) is 1.23. The molecule has 7 heteroatoms. The molecule has 0 unspecified atom stereocenters. The van der Waals surface area contributed by atoms with Gasteiger partial charge in [-0.15, -0.1) is 0 Å². The van der Waals surface area contributed by atoms with Gasteiger partial charge in [-0.2, -0.15) is 4.31 Å². The van der Waals surface area contributed by atoms with Gasteiger partial charge in [-0.25, -0.2) is 12.8 Å². The summed E-state index contributed by atoms with van der Waals surface area (Å²) in [7, 11) is -3.88. The molecule has 17 heavy (non-hydrogen) atoms. The van der Waals surface area contributed by atoms with Gasteiger partial charge in [0.15, 0.2) is 0 Å². The second-order valence-electron chi connectivity index (χ2n) is 3.88.